The maximum absolute atomic E-state index is 13.0. The van der Waals surface area contributed by atoms with E-state index in [1.807, 2.05) is 60.7 Å². The Morgan fingerprint density at radius 1 is 0.926 bits per heavy atom. The molecule has 136 valence electrons. The van der Waals surface area contributed by atoms with Crippen LogP contribution in [0.5, 0.6) is 0 Å². The number of nitrogens with one attached hydrogen (secondary N) is 1. The van der Waals surface area contributed by atoms with Crippen molar-refractivity contribution in [2.24, 2.45) is 0 Å². The van der Waals surface area contributed by atoms with Gasteiger partial charge in [-0.15, -0.1) is 0 Å². The van der Waals surface area contributed by atoms with Crippen molar-refractivity contribution in [1.82, 2.24) is 14.5 Å². The summed E-state index contributed by atoms with van der Waals surface area (Å²) in [4.78, 5) is 0.115. The van der Waals surface area contributed by atoms with Gasteiger partial charge in [0.2, 0.25) is 10.0 Å². The molecular formula is C20H17N3O3S. The van der Waals surface area contributed by atoms with Crippen molar-refractivity contribution in [2.45, 2.75) is 11.4 Å². The molecule has 0 atom stereocenters. The normalized spacial score (nSPS) is 11.6. The zero-order valence-electron chi connectivity index (χ0n) is 14.3. The standard InChI is InChI=1S/C20H17N3O3S/c24-27(25,21-14-18-12-7-13-26-18)19-15-23(17-10-5-2-6-11-17)22-20(19)16-8-3-1-4-9-16/h1-13,15,21H,14H2. The van der Waals surface area contributed by atoms with E-state index in [2.05, 4.69) is 9.82 Å². The van der Waals surface area contributed by atoms with E-state index in [4.69, 9.17) is 4.42 Å². The summed E-state index contributed by atoms with van der Waals surface area (Å²) in [5.41, 5.74) is 1.90. The zero-order valence-corrected chi connectivity index (χ0v) is 15.1. The first-order valence-corrected chi connectivity index (χ1v) is 9.84. The van der Waals surface area contributed by atoms with Gasteiger partial charge >= 0.3 is 0 Å². The number of para-hydroxylation sites is 1. The van der Waals surface area contributed by atoms with Gasteiger partial charge in [-0.2, -0.15) is 5.10 Å². The lowest BCUT2D eigenvalue weighted by atomic mass is 10.2. The van der Waals surface area contributed by atoms with Crippen LogP contribution in [-0.2, 0) is 16.6 Å². The summed E-state index contributed by atoms with van der Waals surface area (Å²) in [6.07, 6.45) is 3.04. The Kier molecular flexibility index (Phi) is 4.62. The van der Waals surface area contributed by atoms with Crippen molar-refractivity contribution in [3.8, 4) is 16.9 Å². The summed E-state index contributed by atoms with van der Waals surface area (Å²) in [5.74, 6) is 0.537. The second-order valence-electron chi connectivity index (χ2n) is 5.89. The Bertz CT molecular complexity index is 1120. The predicted octanol–water partition coefficient (Wildman–Crippen LogP) is 3.61. The van der Waals surface area contributed by atoms with Gasteiger partial charge in [0.15, 0.2) is 0 Å². The fourth-order valence-electron chi connectivity index (χ4n) is 2.72. The highest BCUT2D eigenvalue weighted by atomic mass is 32.2. The first-order chi connectivity index (χ1) is 13.1. The van der Waals surface area contributed by atoms with Gasteiger partial charge in [0, 0.05) is 5.56 Å². The summed E-state index contributed by atoms with van der Waals surface area (Å²) in [5, 5.41) is 4.54. The Morgan fingerprint density at radius 3 is 2.30 bits per heavy atom. The maximum atomic E-state index is 13.0. The fourth-order valence-corrected chi connectivity index (χ4v) is 3.86. The summed E-state index contributed by atoms with van der Waals surface area (Å²) in [7, 11) is -3.80. The van der Waals surface area contributed by atoms with Crippen LogP contribution in [-0.4, -0.2) is 18.2 Å². The second-order valence-corrected chi connectivity index (χ2v) is 7.63. The lowest BCUT2D eigenvalue weighted by Gasteiger charge is -2.05. The van der Waals surface area contributed by atoms with Crippen LogP contribution in [0.1, 0.15) is 5.76 Å². The Hall–Kier alpha value is -3.16. The number of rotatable bonds is 6. The molecule has 7 heteroatoms. The van der Waals surface area contributed by atoms with Crippen LogP contribution in [0, 0.1) is 0 Å². The fraction of sp³-hybridized carbons (Fsp3) is 0.0500. The van der Waals surface area contributed by atoms with E-state index in [0.29, 0.717) is 11.5 Å². The summed E-state index contributed by atoms with van der Waals surface area (Å²) < 4.78 is 35.3. The highest BCUT2D eigenvalue weighted by Crippen LogP contribution is 2.27. The molecule has 0 saturated carbocycles. The smallest absolute Gasteiger partial charge is 0.244 e. The molecule has 0 aliphatic carbocycles. The van der Waals surface area contributed by atoms with Crippen LogP contribution >= 0.6 is 0 Å². The molecule has 4 aromatic rings. The number of nitrogens with zero attached hydrogens (tertiary/aromatic N) is 2. The summed E-state index contributed by atoms with van der Waals surface area (Å²) >= 11 is 0. The molecule has 0 spiro atoms. The van der Waals surface area contributed by atoms with E-state index in [1.165, 1.54) is 12.5 Å². The van der Waals surface area contributed by atoms with E-state index in [-0.39, 0.29) is 11.4 Å². The number of sulfonamides is 1. The molecule has 0 aliphatic rings. The minimum atomic E-state index is -3.80. The molecule has 0 unspecified atom stereocenters. The Labute approximate surface area is 157 Å². The second kappa shape index (κ2) is 7.22. The van der Waals surface area contributed by atoms with Gasteiger partial charge < -0.3 is 4.42 Å². The van der Waals surface area contributed by atoms with Crippen molar-refractivity contribution in [3.05, 3.63) is 91.0 Å². The van der Waals surface area contributed by atoms with Crippen molar-refractivity contribution in [1.29, 1.82) is 0 Å². The molecule has 27 heavy (non-hydrogen) atoms. The number of hydrogen-bond acceptors (Lipinski definition) is 4. The van der Waals surface area contributed by atoms with Crippen LogP contribution in [0.15, 0.2) is 94.6 Å². The first kappa shape index (κ1) is 17.3. The van der Waals surface area contributed by atoms with Crippen molar-refractivity contribution in [3.63, 3.8) is 0 Å². The van der Waals surface area contributed by atoms with Gasteiger partial charge in [0.05, 0.1) is 24.7 Å². The van der Waals surface area contributed by atoms with Gasteiger partial charge in [-0.25, -0.2) is 17.8 Å². The molecule has 2 aromatic carbocycles. The van der Waals surface area contributed by atoms with Gasteiger partial charge in [-0.05, 0) is 24.3 Å². The van der Waals surface area contributed by atoms with Gasteiger partial charge in [0.25, 0.3) is 0 Å². The van der Waals surface area contributed by atoms with Crippen LogP contribution < -0.4 is 4.72 Å². The van der Waals surface area contributed by atoms with Gasteiger partial charge in [-0.3, -0.25) is 0 Å². The van der Waals surface area contributed by atoms with Crippen molar-refractivity contribution < 1.29 is 12.8 Å². The van der Waals surface area contributed by atoms with E-state index >= 15 is 0 Å². The highest BCUT2D eigenvalue weighted by molar-refractivity contribution is 7.89. The molecule has 0 bridgehead atoms. The minimum Gasteiger partial charge on any atom is -0.468 e. The SMILES string of the molecule is O=S(=O)(NCc1ccco1)c1cn(-c2ccccc2)nc1-c1ccccc1. The van der Waals surface area contributed by atoms with Crippen LogP contribution in [0.2, 0.25) is 0 Å². The largest absolute Gasteiger partial charge is 0.468 e. The van der Waals surface area contributed by atoms with Gasteiger partial charge in [0.1, 0.15) is 16.3 Å². The predicted molar refractivity (Wildman–Crippen MR) is 102 cm³/mol. The summed E-state index contributed by atoms with van der Waals surface area (Å²) in [6.45, 7) is 0.0695. The molecular weight excluding hydrogens is 362 g/mol. The van der Waals surface area contributed by atoms with Gasteiger partial charge in [-0.1, -0.05) is 48.5 Å². The molecule has 0 radical (unpaired) electrons. The Balaban J connectivity index is 1.77. The molecule has 4 rings (SSSR count). The van der Waals surface area contributed by atoms with Crippen molar-refractivity contribution >= 4 is 10.0 Å². The quantitative estimate of drug-likeness (QED) is 0.555. The third kappa shape index (κ3) is 3.69. The maximum Gasteiger partial charge on any atom is 0.244 e. The lowest BCUT2D eigenvalue weighted by molar-refractivity contribution is 0.498. The van der Waals surface area contributed by atoms with E-state index < -0.39 is 10.0 Å². The average molecular weight is 379 g/mol. The van der Waals surface area contributed by atoms with Crippen LogP contribution in [0.25, 0.3) is 16.9 Å². The van der Waals surface area contributed by atoms with Crippen LogP contribution in [0.3, 0.4) is 0 Å². The number of furan rings is 1. The number of aromatic nitrogens is 2. The topological polar surface area (TPSA) is 77.1 Å². The van der Waals surface area contributed by atoms with Crippen molar-refractivity contribution in [2.75, 3.05) is 0 Å². The molecule has 2 heterocycles. The van der Waals surface area contributed by atoms with Crippen LogP contribution in [0.4, 0.5) is 0 Å². The highest BCUT2D eigenvalue weighted by Gasteiger charge is 2.24. The molecule has 0 fully saturated rings. The van der Waals surface area contributed by atoms with E-state index in [0.717, 1.165) is 11.3 Å². The molecule has 0 aliphatic heterocycles. The molecule has 1 N–H and O–H groups in total. The molecule has 0 saturated heterocycles. The zero-order chi connectivity index (χ0) is 18.7. The van der Waals surface area contributed by atoms with E-state index in [9.17, 15) is 8.42 Å². The molecule has 2 aromatic heterocycles. The third-order valence-corrected chi connectivity index (χ3v) is 5.46. The third-order valence-electron chi connectivity index (χ3n) is 4.05. The minimum absolute atomic E-state index is 0.0695. The average Bonchev–Trinajstić information content (AvgIpc) is 3.38. The molecule has 6 nitrogen and oxygen atoms in total. The monoisotopic (exact) mass is 379 g/mol. The molecule has 0 amide bonds. The summed E-state index contributed by atoms with van der Waals surface area (Å²) in [6, 6.07) is 22.1. The number of benzene rings is 2. The Morgan fingerprint density at radius 2 is 1.63 bits per heavy atom. The lowest BCUT2D eigenvalue weighted by Crippen LogP contribution is -2.23. The van der Waals surface area contributed by atoms with E-state index in [1.54, 1.807) is 16.8 Å². The first-order valence-electron chi connectivity index (χ1n) is 8.36. The number of hydrogen-bond donors (Lipinski definition) is 1.